The van der Waals surface area contributed by atoms with Crippen molar-refractivity contribution in [1.29, 1.82) is 0 Å². The van der Waals surface area contributed by atoms with Gasteiger partial charge in [-0.3, -0.25) is 4.79 Å². The predicted octanol–water partition coefficient (Wildman–Crippen LogP) is 1.15. The molecule has 1 atom stereocenters. The van der Waals surface area contributed by atoms with Crippen LogP contribution in [-0.4, -0.2) is 32.0 Å². The molecule has 0 spiro atoms. The average Bonchev–Trinajstić information content (AvgIpc) is 2.82. The number of fused-ring (bicyclic) bond motifs is 1. The third kappa shape index (κ3) is 3.08. The van der Waals surface area contributed by atoms with Crippen LogP contribution in [0.1, 0.15) is 24.2 Å². The second-order valence-electron chi connectivity index (χ2n) is 4.27. The molecule has 6 nitrogen and oxygen atoms in total. The first-order chi connectivity index (χ1) is 9.11. The lowest BCUT2D eigenvalue weighted by Gasteiger charge is -2.13. The van der Waals surface area contributed by atoms with Gasteiger partial charge in [-0.1, -0.05) is 0 Å². The second kappa shape index (κ2) is 5.79. The highest BCUT2D eigenvalue weighted by Crippen LogP contribution is 2.35. The number of nitrogens with two attached hydrogens (primary N) is 1. The number of carbonyl (C=O) groups is 1. The summed E-state index contributed by atoms with van der Waals surface area (Å²) in [4.78, 5) is 12.0. The first-order valence-corrected chi connectivity index (χ1v) is 6.20. The molecule has 1 heterocycles. The van der Waals surface area contributed by atoms with Crippen molar-refractivity contribution >= 4 is 11.6 Å². The summed E-state index contributed by atoms with van der Waals surface area (Å²) >= 11 is 0. The first kappa shape index (κ1) is 13.5. The molecule has 3 N–H and O–H groups in total. The van der Waals surface area contributed by atoms with Gasteiger partial charge in [-0.2, -0.15) is 0 Å². The number of carbonyl (C=O) groups excluding carboxylic acids is 1. The van der Waals surface area contributed by atoms with Crippen molar-refractivity contribution in [3.8, 4) is 11.5 Å². The number of hydrogen-bond donors (Lipinski definition) is 2. The highest BCUT2D eigenvalue weighted by molar-refractivity contribution is 6.00. The quantitative estimate of drug-likeness (QED) is 0.781. The molecule has 0 aliphatic carbocycles. The Morgan fingerprint density at radius 1 is 1.47 bits per heavy atom. The lowest BCUT2D eigenvalue weighted by atomic mass is 10.1. The number of rotatable bonds is 5. The highest BCUT2D eigenvalue weighted by atomic mass is 16.7. The molecule has 2 rings (SSSR count). The molecular formula is C13H18N2O4. The number of benzene rings is 1. The standard InChI is InChI=1S/C13H18N2O4/c1-3-17-8(2)6-15-13(16)9-4-11-12(5-10(9)14)19-7-18-11/h4-5,8H,3,6-7,14H2,1-2H3,(H,15,16). The van der Waals surface area contributed by atoms with Gasteiger partial charge in [0, 0.05) is 24.9 Å². The Balaban J connectivity index is 2.03. The van der Waals surface area contributed by atoms with Crippen molar-refractivity contribution in [2.75, 3.05) is 25.7 Å². The van der Waals surface area contributed by atoms with Crippen LogP contribution in [0.5, 0.6) is 11.5 Å². The van der Waals surface area contributed by atoms with Gasteiger partial charge in [0.15, 0.2) is 11.5 Å². The van der Waals surface area contributed by atoms with E-state index >= 15 is 0 Å². The van der Waals surface area contributed by atoms with Crippen molar-refractivity contribution in [2.45, 2.75) is 20.0 Å². The summed E-state index contributed by atoms with van der Waals surface area (Å²) in [5.74, 6) is 0.858. The van der Waals surface area contributed by atoms with Crippen LogP contribution in [0.4, 0.5) is 5.69 Å². The Bertz CT molecular complexity index is 476. The van der Waals surface area contributed by atoms with E-state index in [0.717, 1.165) is 0 Å². The van der Waals surface area contributed by atoms with Gasteiger partial charge in [0.2, 0.25) is 6.79 Å². The van der Waals surface area contributed by atoms with Gasteiger partial charge in [-0.25, -0.2) is 0 Å². The smallest absolute Gasteiger partial charge is 0.253 e. The van der Waals surface area contributed by atoms with Crippen LogP contribution >= 0.6 is 0 Å². The molecule has 1 unspecified atom stereocenters. The molecule has 0 saturated carbocycles. The molecule has 1 amide bonds. The fourth-order valence-electron chi connectivity index (χ4n) is 1.83. The number of nitrogens with one attached hydrogen (secondary N) is 1. The maximum absolute atomic E-state index is 12.0. The van der Waals surface area contributed by atoms with Gasteiger partial charge in [-0.15, -0.1) is 0 Å². The summed E-state index contributed by atoms with van der Waals surface area (Å²) in [5, 5.41) is 2.78. The number of anilines is 1. The van der Waals surface area contributed by atoms with E-state index in [-0.39, 0.29) is 18.8 Å². The van der Waals surface area contributed by atoms with Gasteiger partial charge < -0.3 is 25.3 Å². The largest absolute Gasteiger partial charge is 0.454 e. The Morgan fingerprint density at radius 3 is 2.84 bits per heavy atom. The molecule has 1 aliphatic rings. The Hall–Kier alpha value is -1.95. The Kier molecular flexibility index (Phi) is 4.11. The number of amides is 1. The zero-order chi connectivity index (χ0) is 13.8. The number of hydrogen-bond acceptors (Lipinski definition) is 5. The van der Waals surface area contributed by atoms with Crippen LogP contribution in [0.25, 0.3) is 0 Å². The van der Waals surface area contributed by atoms with E-state index in [1.165, 1.54) is 0 Å². The van der Waals surface area contributed by atoms with Gasteiger partial charge in [0.05, 0.1) is 11.7 Å². The van der Waals surface area contributed by atoms with Crippen molar-refractivity contribution in [2.24, 2.45) is 0 Å². The Labute approximate surface area is 111 Å². The van der Waals surface area contributed by atoms with E-state index in [2.05, 4.69) is 5.32 Å². The molecule has 1 aliphatic heterocycles. The predicted molar refractivity (Wildman–Crippen MR) is 70.4 cm³/mol. The van der Waals surface area contributed by atoms with Gasteiger partial charge in [0.1, 0.15) is 0 Å². The van der Waals surface area contributed by atoms with Crippen LogP contribution in [0.15, 0.2) is 12.1 Å². The van der Waals surface area contributed by atoms with E-state index < -0.39 is 0 Å². The third-order valence-electron chi connectivity index (χ3n) is 2.79. The molecule has 104 valence electrons. The molecule has 1 aromatic carbocycles. The SMILES string of the molecule is CCOC(C)CNC(=O)c1cc2c(cc1N)OCO2. The minimum absolute atomic E-state index is 0.0378. The number of nitrogen functional groups attached to an aromatic ring is 1. The summed E-state index contributed by atoms with van der Waals surface area (Å²) < 4.78 is 15.8. The van der Waals surface area contributed by atoms with Crippen LogP contribution in [0.2, 0.25) is 0 Å². The summed E-state index contributed by atoms with van der Waals surface area (Å²) in [7, 11) is 0. The molecule has 0 radical (unpaired) electrons. The maximum Gasteiger partial charge on any atom is 0.253 e. The monoisotopic (exact) mass is 266 g/mol. The summed E-state index contributed by atoms with van der Waals surface area (Å²) in [6.45, 7) is 5.01. The maximum atomic E-state index is 12.0. The summed E-state index contributed by atoms with van der Waals surface area (Å²) in [5.41, 5.74) is 6.58. The highest BCUT2D eigenvalue weighted by Gasteiger charge is 2.19. The van der Waals surface area contributed by atoms with E-state index in [1.54, 1.807) is 12.1 Å². The lowest BCUT2D eigenvalue weighted by molar-refractivity contribution is 0.0695. The van der Waals surface area contributed by atoms with Crippen LogP contribution < -0.4 is 20.5 Å². The van der Waals surface area contributed by atoms with Crippen molar-refractivity contribution in [1.82, 2.24) is 5.32 Å². The molecule has 1 aromatic rings. The summed E-state index contributed by atoms with van der Waals surface area (Å²) in [6, 6.07) is 3.20. The molecule has 0 aromatic heterocycles. The van der Waals surface area contributed by atoms with Crippen molar-refractivity contribution in [3.05, 3.63) is 17.7 Å². The molecule has 0 fully saturated rings. The van der Waals surface area contributed by atoms with E-state index in [9.17, 15) is 4.79 Å². The summed E-state index contributed by atoms with van der Waals surface area (Å²) in [6.07, 6.45) is -0.0378. The zero-order valence-corrected chi connectivity index (χ0v) is 11.1. The van der Waals surface area contributed by atoms with E-state index in [1.807, 2.05) is 13.8 Å². The first-order valence-electron chi connectivity index (χ1n) is 6.20. The Morgan fingerprint density at radius 2 is 2.16 bits per heavy atom. The minimum atomic E-state index is -0.248. The normalized spacial score (nSPS) is 14.2. The molecule has 0 saturated heterocycles. The lowest BCUT2D eigenvalue weighted by Crippen LogP contribution is -2.32. The zero-order valence-electron chi connectivity index (χ0n) is 11.1. The van der Waals surface area contributed by atoms with Crippen molar-refractivity contribution < 1.29 is 19.0 Å². The molecule has 19 heavy (non-hydrogen) atoms. The van der Waals surface area contributed by atoms with Gasteiger partial charge in [0.25, 0.3) is 5.91 Å². The molecular weight excluding hydrogens is 248 g/mol. The van der Waals surface area contributed by atoms with E-state index in [0.29, 0.717) is 35.9 Å². The molecule has 6 heteroatoms. The van der Waals surface area contributed by atoms with Crippen LogP contribution in [0.3, 0.4) is 0 Å². The van der Waals surface area contributed by atoms with Crippen LogP contribution in [0, 0.1) is 0 Å². The molecule has 0 bridgehead atoms. The van der Waals surface area contributed by atoms with Gasteiger partial charge >= 0.3 is 0 Å². The topological polar surface area (TPSA) is 82.8 Å². The van der Waals surface area contributed by atoms with Gasteiger partial charge in [-0.05, 0) is 19.9 Å². The fourth-order valence-corrected chi connectivity index (χ4v) is 1.83. The third-order valence-corrected chi connectivity index (χ3v) is 2.79. The number of ether oxygens (including phenoxy) is 3. The minimum Gasteiger partial charge on any atom is -0.454 e. The fraction of sp³-hybridized carbons (Fsp3) is 0.462. The van der Waals surface area contributed by atoms with E-state index in [4.69, 9.17) is 19.9 Å². The second-order valence-corrected chi connectivity index (χ2v) is 4.27. The van der Waals surface area contributed by atoms with Crippen molar-refractivity contribution in [3.63, 3.8) is 0 Å². The van der Waals surface area contributed by atoms with Crippen LogP contribution in [-0.2, 0) is 4.74 Å². The average molecular weight is 266 g/mol.